The lowest BCUT2D eigenvalue weighted by Gasteiger charge is -2.16. The highest BCUT2D eigenvalue weighted by molar-refractivity contribution is 6.17. The Morgan fingerprint density at radius 1 is 1.43 bits per heavy atom. The third-order valence-corrected chi connectivity index (χ3v) is 2.23. The predicted octanol–water partition coefficient (Wildman–Crippen LogP) is 1.41. The minimum atomic E-state index is -0.902. The van der Waals surface area contributed by atoms with Crippen LogP contribution in [0.5, 0.6) is 0 Å². The molecule has 14 heavy (non-hydrogen) atoms. The molecular formula is C10H14ClNO2. The van der Waals surface area contributed by atoms with Crippen molar-refractivity contribution in [1.82, 2.24) is 4.98 Å². The molecule has 0 fully saturated rings. The average Bonchev–Trinajstić information content (AvgIpc) is 2.17. The van der Waals surface area contributed by atoms with Gasteiger partial charge in [0.2, 0.25) is 0 Å². The Morgan fingerprint density at radius 3 is 2.71 bits per heavy atom. The highest BCUT2D eigenvalue weighted by Gasteiger charge is 2.17. The number of pyridine rings is 1. The standard InChI is InChI=1S/C10H14ClNO2/c1-7-4-8(6-12-5-7)10(14)9(13)2-3-11/h4-6,9-10,13-14H,2-3H2,1H3. The number of halogens is 1. The zero-order chi connectivity index (χ0) is 10.6. The average molecular weight is 216 g/mol. The summed E-state index contributed by atoms with van der Waals surface area (Å²) in [5.41, 5.74) is 1.59. The van der Waals surface area contributed by atoms with E-state index in [1.165, 1.54) is 0 Å². The van der Waals surface area contributed by atoms with Crippen LogP contribution in [-0.4, -0.2) is 27.2 Å². The lowest BCUT2D eigenvalue weighted by molar-refractivity contribution is 0.0168. The topological polar surface area (TPSA) is 53.4 Å². The van der Waals surface area contributed by atoms with E-state index < -0.39 is 12.2 Å². The molecule has 0 aliphatic carbocycles. The summed E-state index contributed by atoms with van der Waals surface area (Å²) in [6, 6.07) is 1.80. The van der Waals surface area contributed by atoms with Crippen LogP contribution in [0.25, 0.3) is 0 Å². The number of rotatable bonds is 4. The number of alkyl halides is 1. The van der Waals surface area contributed by atoms with Crippen LogP contribution in [0.4, 0.5) is 0 Å². The number of aromatic nitrogens is 1. The van der Waals surface area contributed by atoms with Gasteiger partial charge in [0.25, 0.3) is 0 Å². The molecule has 0 saturated carbocycles. The maximum absolute atomic E-state index is 9.70. The van der Waals surface area contributed by atoms with Crippen LogP contribution >= 0.6 is 11.6 Å². The summed E-state index contributed by atoms with van der Waals surface area (Å²) in [7, 11) is 0. The van der Waals surface area contributed by atoms with Crippen molar-refractivity contribution in [2.75, 3.05) is 5.88 Å². The normalized spacial score (nSPS) is 15.1. The molecule has 0 aliphatic heterocycles. The fourth-order valence-corrected chi connectivity index (χ4v) is 1.46. The second-order valence-corrected chi connectivity index (χ2v) is 3.66. The summed E-state index contributed by atoms with van der Waals surface area (Å²) in [5.74, 6) is 0.331. The van der Waals surface area contributed by atoms with Gasteiger partial charge in [-0.2, -0.15) is 0 Å². The summed E-state index contributed by atoms with van der Waals surface area (Å²) < 4.78 is 0. The zero-order valence-corrected chi connectivity index (χ0v) is 8.78. The van der Waals surface area contributed by atoms with Gasteiger partial charge in [-0.3, -0.25) is 4.98 Å². The van der Waals surface area contributed by atoms with E-state index in [9.17, 15) is 10.2 Å². The van der Waals surface area contributed by atoms with E-state index >= 15 is 0 Å². The molecule has 0 bridgehead atoms. The van der Waals surface area contributed by atoms with Crippen molar-refractivity contribution in [3.05, 3.63) is 29.6 Å². The molecule has 78 valence electrons. The highest BCUT2D eigenvalue weighted by atomic mass is 35.5. The fraction of sp³-hybridized carbons (Fsp3) is 0.500. The first kappa shape index (κ1) is 11.4. The van der Waals surface area contributed by atoms with E-state index in [2.05, 4.69) is 4.98 Å². The van der Waals surface area contributed by atoms with Gasteiger partial charge in [0.1, 0.15) is 6.10 Å². The third kappa shape index (κ3) is 2.94. The molecular weight excluding hydrogens is 202 g/mol. The molecule has 0 amide bonds. The van der Waals surface area contributed by atoms with Gasteiger partial charge >= 0.3 is 0 Å². The Bertz CT molecular complexity index is 293. The van der Waals surface area contributed by atoms with Crippen LogP contribution in [0.3, 0.4) is 0 Å². The molecule has 2 atom stereocenters. The molecule has 1 aromatic rings. The maximum Gasteiger partial charge on any atom is 0.106 e. The molecule has 4 heteroatoms. The molecule has 3 nitrogen and oxygen atoms in total. The van der Waals surface area contributed by atoms with Gasteiger partial charge < -0.3 is 10.2 Å². The zero-order valence-electron chi connectivity index (χ0n) is 8.02. The number of aliphatic hydroxyl groups is 2. The van der Waals surface area contributed by atoms with Crippen molar-refractivity contribution < 1.29 is 10.2 Å². The maximum atomic E-state index is 9.70. The van der Waals surface area contributed by atoms with Crippen molar-refractivity contribution in [2.45, 2.75) is 25.6 Å². The molecule has 2 unspecified atom stereocenters. The second-order valence-electron chi connectivity index (χ2n) is 3.29. The number of aliphatic hydroxyl groups excluding tert-OH is 2. The van der Waals surface area contributed by atoms with Crippen molar-refractivity contribution in [1.29, 1.82) is 0 Å². The molecule has 0 radical (unpaired) electrons. The quantitative estimate of drug-likeness (QED) is 0.747. The lowest BCUT2D eigenvalue weighted by Crippen LogP contribution is -2.18. The van der Waals surface area contributed by atoms with Gasteiger partial charge in [-0.05, 0) is 18.9 Å². The van der Waals surface area contributed by atoms with E-state index in [1.807, 2.05) is 6.92 Å². The molecule has 2 N–H and O–H groups in total. The molecule has 1 heterocycles. The minimum absolute atomic E-state index is 0.331. The Hall–Kier alpha value is -0.640. The van der Waals surface area contributed by atoms with E-state index in [0.29, 0.717) is 17.9 Å². The summed E-state index contributed by atoms with van der Waals surface area (Å²) in [6.45, 7) is 1.89. The largest absolute Gasteiger partial charge is 0.390 e. The summed E-state index contributed by atoms with van der Waals surface area (Å²) in [6.07, 6.45) is 1.90. The van der Waals surface area contributed by atoms with Crippen LogP contribution < -0.4 is 0 Å². The van der Waals surface area contributed by atoms with Crippen molar-refractivity contribution >= 4 is 11.6 Å². The number of hydrogen-bond acceptors (Lipinski definition) is 3. The van der Waals surface area contributed by atoms with Gasteiger partial charge in [0.15, 0.2) is 0 Å². The number of aryl methyl sites for hydroxylation is 1. The van der Waals surface area contributed by atoms with E-state index in [-0.39, 0.29) is 0 Å². The van der Waals surface area contributed by atoms with Gasteiger partial charge in [-0.25, -0.2) is 0 Å². The number of hydrogen-bond donors (Lipinski definition) is 2. The van der Waals surface area contributed by atoms with Crippen LogP contribution in [0.1, 0.15) is 23.7 Å². The third-order valence-electron chi connectivity index (χ3n) is 2.01. The van der Waals surface area contributed by atoms with Crippen molar-refractivity contribution in [2.24, 2.45) is 0 Å². The molecule has 0 spiro atoms. The Balaban J connectivity index is 2.73. The van der Waals surface area contributed by atoms with Crippen molar-refractivity contribution in [3.63, 3.8) is 0 Å². The van der Waals surface area contributed by atoms with Gasteiger partial charge in [0.05, 0.1) is 6.10 Å². The van der Waals surface area contributed by atoms with Crippen LogP contribution in [0, 0.1) is 6.92 Å². The molecule has 1 aromatic heterocycles. The smallest absolute Gasteiger partial charge is 0.106 e. The van der Waals surface area contributed by atoms with Gasteiger partial charge in [-0.1, -0.05) is 6.07 Å². The minimum Gasteiger partial charge on any atom is -0.390 e. The van der Waals surface area contributed by atoms with E-state index in [1.54, 1.807) is 18.5 Å². The van der Waals surface area contributed by atoms with Crippen LogP contribution in [0.15, 0.2) is 18.5 Å². The van der Waals surface area contributed by atoms with Gasteiger partial charge in [0, 0.05) is 23.8 Å². The Kier molecular flexibility index (Phi) is 4.32. The van der Waals surface area contributed by atoms with Crippen LogP contribution in [0.2, 0.25) is 0 Å². The molecule has 1 rings (SSSR count). The van der Waals surface area contributed by atoms with E-state index in [0.717, 1.165) is 5.56 Å². The fourth-order valence-electron chi connectivity index (χ4n) is 1.23. The first-order chi connectivity index (χ1) is 6.65. The molecule has 0 aromatic carbocycles. The molecule has 0 aliphatic rings. The monoisotopic (exact) mass is 215 g/mol. The first-order valence-corrected chi connectivity index (χ1v) is 5.02. The summed E-state index contributed by atoms with van der Waals surface area (Å²) in [4.78, 5) is 3.94. The van der Waals surface area contributed by atoms with Gasteiger partial charge in [-0.15, -0.1) is 11.6 Å². The lowest BCUT2D eigenvalue weighted by atomic mass is 10.0. The Labute approximate surface area is 88.4 Å². The summed E-state index contributed by atoms with van der Waals surface area (Å²) >= 11 is 5.47. The molecule has 0 saturated heterocycles. The van der Waals surface area contributed by atoms with E-state index in [4.69, 9.17) is 11.6 Å². The Morgan fingerprint density at radius 2 is 2.14 bits per heavy atom. The first-order valence-electron chi connectivity index (χ1n) is 4.49. The number of nitrogens with zero attached hydrogens (tertiary/aromatic N) is 1. The van der Waals surface area contributed by atoms with Crippen LogP contribution in [-0.2, 0) is 0 Å². The summed E-state index contributed by atoms with van der Waals surface area (Å²) in [5, 5.41) is 19.2. The van der Waals surface area contributed by atoms with Crippen molar-refractivity contribution in [3.8, 4) is 0 Å². The SMILES string of the molecule is Cc1cncc(C(O)C(O)CCCl)c1. The second kappa shape index (κ2) is 5.29. The highest BCUT2D eigenvalue weighted by Crippen LogP contribution is 2.19. The predicted molar refractivity (Wildman–Crippen MR) is 55.3 cm³/mol.